The Morgan fingerprint density at radius 3 is 2.69 bits per heavy atom. The Morgan fingerprint density at radius 1 is 1.06 bits per heavy atom. The molecule has 1 saturated heterocycles. The minimum absolute atomic E-state index is 0.107. The summed E-state index contributed by atoms with van der Waals surface area (Å²) < 4.78 is 2.99. The SMILES string of the molecule is Cc1ccc(N2CCC[C@H](N(Cc3ccnc(C)c3)Cc3cn(C)c4ccc(Br)cc4c3=O)C2)cn1. The number of aryl methyl sites for hydroxylation is 3. The normalized spacial score (nSPS) is 16.1. The molecule has 186 valence electrons. The molecule has 1 atom stereocenters. The van der Waals surface area contributed by atoms with Crippen LogP contribution >= 0.6 is 15.9 Å². The standard InChI is InChI=1S/C29H32BrN5O/c1-20-6-8-25(15-32-20)34-12-4-5-26(19-34)35(16-22-10-11-31-21(2)13-22)18-23-17-33(3)28-9-7-24(30)14-27(28)29(23)36/h6-11,13-15,17,26H,4-5,12,16,18-19H2,1-3H3/t26-/m0/s1. The van der Waals surface area contributed by atoms with Crippen molar-refractivity contribution in [1.82, 2.24) is 19.4 Å². The van der Waals surface area contributed by atoms with Gasteiger partial charge in [0, 0.05) is 78.5 Å². The van der Waals surface area contributed by atoms with Gasteiger partial charge in [-0.05, 0) is 74.7 Å². The van der Waals surface area contributed by atoms with Crippen molar-refractivity contribution in [3.63, 3.8) is 0 Å². The highest BCUT2D eigenvalue weighted by Crippen LogP contribution is 2.25. The molecule has 0 N–H and O–H groups in total. The number of benzene rings is 1. The molecular formula is C29H32BrN5O. The van der Waals surface area contributed by atoms with Crippen molar-refractivity contribution < 1.29 is 0 Å². The molecule has 0 saturated carbocycles. The maximum absolute atomic E-state index is 13.6. The number of aromatic nitrogens is 3. The molecule has 7 heteroatoms. The highest BCUT2D eigenvalue weighted by Gasteiger charge is 2.27. The second kappa shape index (κ2) is 10.5. The molecule has 0 radical (unpaired) electrons. The molecule has 3 aromatic heterocycles. The molecule has 0 unspecified atom stereocenters. The van der Waals surface area contributed by atoms with Crippen LogP contribution in [0.15, 0.2) is 70.3 Å². The molecule has 1 aliphatic rings. The van der Waals surface area contributed by atoms with E-state index >= 15 is 0 Å². The lowest BCUT2D eigenvalue weighted by atomic mass is 10.0. The largest absolute Gasteiger partial charge is 0.369 e. The number of hydrogen-bond donors (Lipinski definition) is 0. The average molecular weight is 547 g/mol. The molecular weight excluding hydrogens is 514 g/mol. The summed E-state index contributed by atoms with van der Waals surface area (Å²) in [6, 6.07) is 14.7. The van der Waals surface area contributed by atoms with Crippen LogP contribution in [-0.4, -0.2) is 38.6 Å². The Kier molecular flexibility index (Phi) is 7.21. The second-order valence-electron chi connectivity index (χ2n) is 9.87. The van der Waals surface area contributed by atoms with Crippen LogP contribution in [0.3, 0.4) is 0 Å². The first kappa shape index (κ1) is 24.7. The van der Waals surface area contributed by atoms with E-state index in [0.717, 1.165) is 70.5 Å². The molecule has 0 amide bonds. The molecule has 1 aliphatic heterocycles. The van der Waals surface area contributed by atoms with Crippen molar-refractivity contribution in [3.05, 3.63) is 98.3 Å². The molecule has 0 aliphatic carbocycles. The first-order chi connectivity index (χ1) is 17.4. The van der Waals surface area contributed by atoms with Crippen LogP contribution in [0.2, 0.25) is 0 Å². The Morgan fingerprint density at radius 2 is 1.92 bits per heavy atom. The summed E-state index contributed by atoms with van der Waals surface area (Å²) in [5.41, 5.74) is 6.29. The zero-order valence-corrected chi connectivity index (χ0v) is 22.7. The van der Waals surface area contributed by atoms with Gasteiger partial charge in [-0.25, -0.2) is 0 Å². The maximum atomic E-state index is 13.6. The van der Waals surface area contributed by atoms with E-state index < -0.39 is 0 Å². The van der Waals surface area contributed by atoms with Crippen LogP contribution in [-0.2, 0) is 20.1 Å². The summed E-state index contributed by atoms with van der Waals surface area (Å²) in [6.45, 7) is 7.35. The lowest BCUT2D eigenvalue weighted by Gasteiger charge is -2.40. The smallest absolute Gasteiger partial charge is 0.193 e. The van der Waals surface area contributed by atoms with Crippen molar-refractivity contribution in [1.29, 1.82) is 0 Å². The van der Waals surface area contributed by atoms with Gasteiger partial charge in [-0.2, -0.15) is 0 Å². The predicted molar refractivity (Wildman–Crippen MR) is 149 cm³/mol. The highest BCUT2D eigenvalue weighted by molar-refractivity contribution is 9.10. The highest BCUT2D eigenvalue weighted by atomic mass is 79.9. The predicted octanol–water partition coefficient (Wildman–Crippen LogP) is 5.38. The third-order valence-electron chi connectivity index (χ3n) is 7.12. The van der Waals surface area contributed by atoms with E-state index in [2.05, 4.69) is 64.5 Å². The van der Waals surface area contributed by atoms with E-state index in [1.165, 1.54) is 5.56 Å². The summed E-state index contributed by atoms with van der Waals surface area (Å²) in [5.74, 6) is 0. The van der Waals surface area contributed by atoms with E-state index in [1.807, 2.05) is 57.7 Å². The van der Waals surface area contributed by atoms with Crippen LogP contribution in [0, 0.1) is 13.8 Å². The summed E-state index contributed by atoms with van der Waals surface area (Å²) in [7, 11) is 2.02. The molecule has 4 heterocycles. The van der Waals surface area contributed by atoms with Gasteiger partial charge in [0.1, 0.15) is 0 Å². The number of anilines is 1. The third kappa shape index (κ3) is 5.37. The van der Waals surface area contributed by atoms with E-state index in [1.54, 1.807) is 0 Å². The van der Waals surface area contributed by atoms with Gasteiger partial charge in [-0.3, -0.25) is 19.7 Å². The van der Waals surface area contributed by atoms with Gasteiger partial charge in [0.15, 0.2) is 5.43 Å². The Bertz CT molecular complexity index is 1430. The molecule has 36 heavy (non-hydrogen) atoms. The van der Waals surface area contributed by atoms with Crippen LogP contribution in [0.25, 0.3) is 10.9 Å². The number of fused-ring (bicyclic) bond motifs is 1. The lowest BCUT2D eigenvalue weighted by Crippen LogP contribution is -2.48. The van der Waals surface area contributed by atoms with Crippen LogP contribution < -0.4 is 10.3 Å². The summed E-state index contributed by atoms with van der Waals surface area (Å²) >= 11 is 3.54. The molecule has 4 aromatic rings. The van der Waals surface area contributed by atoms with Gasteiger partial charge in [0.05, 0.1) is 17.4 Å². The Hall–Kier alpha value is -3.03. The topological polar surface area (TPSA) is 54.3 Å². The number of halogens is 1. The summed E-state index contributed by atoms with van der Waals surface area (Å²) in [6.07, 6.45) is 8.06. The Balaban J connectivity index is 1.49. The van der Waals surface area contributed by atoms with Crippen LogP contribution in [0.1, 0.15) is 35.4 Å². The number of piperidine rings is 1. The summed E-state index contributed by atoms with van der Waals surface area (Å²) in [4.78, 5) is 27.4. The number of rotatable bonds is 6. The van der Waals surface area contributed by atoms with Crippen molar-refractivity contribution >= 4 is 32.5 Å². The van der Waals surface area contributed by atoms with Gasteiger partial charge in [0.2, 0.25) is 0 Å². The maximum Gasteiger partial charge on any atom is 0.193 e. The zero-order chi connectivity index (χ0) is 25.2. The van der Waals surface area contributed by atoms with E-state index in [0.29, 0.717) is 12.6 Å². The van der Waals surface area contributed by atoms with Crippen LogP contribution in [0.4, 0.5) is 5.69 Å². The van der Waals surface area contributed by atoms with Crippen molar-refractivity contribution in [2.75, 3.05) is 18.0 Å². The monoisotopic (exact) mass is 545 g/mol. The minimum Gasteiger partial charge on any atom is -0.369 e. The third-order valence-corrected chi connectivity index (χ3v) is 7.61. The fraction of sp³-hybridized carbons (Fsp3) is 0.345. The second-order valence-corrected chi connectivity index (χ2v) is 10.8. The molecule has 0 spiro atoms. The molecule has 6 nitrogen and oxygen atoms in total. The molecule has 1 fully saturated rings. The van der Waals surface area contributed by atoms with Gasteiger partial charge in [-0.1, -0.05) is 15.9 Å². The number of nitrogens with zero attached hydrogens (tertiary/aromatic N) is 5. The molecule has 5 rings (SSSR count). The average Bonchev–Trinajstić information content (AvgIpc) is 2.87. The van der Waals surface area contributed by atoms with E-state index in [9.17, 15) is 4.79 Å². The van der Waals surface area contributed by atoms with Gasteiger partial charge >= 0.3 is 0 Å². The van der Waals surface area contributed by atoms with Gasteiger partial charge < -0.3 is 9.47 Å². The quantitative estimate of drug-likeness (QED) is 0.325. The van der Waals surface area contributed by atoms with E-state index in [4.69, 9.17) is 0 Å². The molecule has 0 bridgehead atoms. The van der Waals surface area contributed by atoms with Gasteiger partial charge in [0.25, 0.3) is 0 Å². The number of hydrogen-bond acceptors (Lipinski definition) is 5. The van der Waals surface area contributed by atoms with Crippen molar-refractivity contribution in [2.24, 2.45) is 7.05 Å². The van der Waals surface area contributed by atoms with E-state index in [-0.39, 0.29) is 5.43 Å². The fourth-order valence-electron chi connectivity index (χ4n) is 5.25. The van der Waals surface area contributed by atoms with Crippen LogP contribution in [0.5, 0.6) is 0 Å². The zero-order valence-electron chi connectivity index (χ0n) is 21.1. The minimum atomic E-state index is 0.107. The van der Waals surface area contributed by atoms with Crippen molar-refractivity contribution in [3.8, 4) is 0 Å². The first-order valence-corrected chi connectivity index (χ1v) is 13.3. The Labute approximate surface area is 220 Å². The number of pyridine rings is 3. The van der Waals surface area contributed by atoms with Crippen molar-refractivity contribution in [2.45, 2.75) is 45.8 Å². The fourth-order valence-corrected chi connectivity index (χ4v) is 5.61. The summed E-state index contributed by atoms with van der Waals surface area (Å²) in [5, 5.41) is 0.750. The lowest BCUT2D eigenvalue weighted by molar-refractivity contribution is 0.158. The van der Waals surface area contributed by atoms with Gasteiger partial charge in [-0.15, -0.1) is 0 Å². The first-order valence-electron chi connectivity index (χ1n) is 12.5. The molecule has 1 aromatic carbocycles.